The molecule has 0 amide bonds. The van der Waals surface area contributed by atoms with Crippen LogP contribution in [-0.2, 0) is 28.6 Å². The minimum absolute atomic E-state index is 0.0374. The Morgan fingerprint density at radius 3 is 2.08 bits per heavy atom. The first-order valence-electron chi connectivity index (χ1n) is 15.9. The van der Waals surface area contributed by atoms with E-state index < -0.39 is 12.2 Å². The SMILES string of the molecule is CC(=O)O[C@H]1[C@@H]2[C@@H](OC(C)=O)C[C@@H]3[C@]4(CC[C@]5(C)[C@@H]([C@H](C)CCC=C(C)C)CC[C@@]35C)C[C@]24CC[C@@H]1OC(C)=O. The molecule has 0 unspecified atom stereocenters. The van der Waals surface area contributed by atoms with Gasteiger partial charge in [0, 0.05) is 26.7 Å². The third-order valence-electron chi connectivity index (χ3n) is 13.0. The predicted octanol–water partition coefficient (Wildman–Crippen LogP) is 7.19. The minimum Gasteiger partial charge on any atom is -0.462 e. The van der Waals surface area contributed by atoms with E-state index in [1.807, 2.05) is 0 Å². The quantitative estimate of drug-likeness (QED) is 0.188. The number of hydrogen-bond acceptors (Lipinski definition) is 6. The van der Waals surface area contributed by atoms with Crippen LogP contribution in [0.3, 0.4) is 0 Å². The highest BCUT2D eigenvalue weighted by molar-refractivity contribution is 5.68. The number of ether oxygens (including phenoxy) is 3. The molecule has 0 radical (unpaired) electrons. The van der Waals surface area contributed by atoms with Crippen LogP contribution >= 0.6 is 0 Å². The van der Waals surface area contributed by atoms with Gasteiger partial charge in [0.25, 0.3) is 0 Å². The average molecular weight is 557 g/mol. The Labute approximate surface area is 241 Å². The van der Waals surface area contributed by atoms with E-state index in [9.17, 15) is 14.4 Å². The fourth-order valence-electron chi connectivity index (χ4n) is 11.4. The first-order chi connectivity index (χ1) is 18.7. The largest absolute Gasteiger partial charge is 0.462 e. The Bertz CT molecular complexity index is 1080. The summed E-state index contributed by atoms with van der Waals surface area (Å²) >= 11 is 0. The summed E-state index contributed by atoms with van der Waals surface area (Å²) in [5, 5.41) is 0. The molecule has 0 aromatic rings. The van der Waals surface area contributed by atoms with Crippen molar-refractivity contribution in [3.05, 3.63) is 11.6 Å². The fraction of sp³-hybridized carbons (Fsp3) is 0.853. The molecule has 0 N–H and O–H groups in total. The Kier molecular flexibility index (Phi) is 7.52. The monoisotopic (exact) mass is 556 g/mol. The van der Waals surface area contributed by atoms with Gasteiger partial charge in [0.1, 0.15) is 18.3 Å². The summed E-state index contributed by atoms with van der Waals surface area (Å²) < 4.78 is 17.9. The van der Waals surface area contributed by atoms with Gasteiger partial charge in [-0.25, -0.2) is 0 Å². The molecule has 0 bridgehead atoms. The molecule has 0 heterocycles. The summed E-state index contributed by atoms with van der Waals surface area (Å²) in [4.78, 5) is 36.8. The first kappa shape index (κ1) is 29.6. The van der Waals surface area contributed by atoms with Gasteiger partial charge < -0.3 is 14.2 Å². The highest BCUT2D eigenvalue weighted by Gasteiger charge is 2.84. The van der Waals surface area contributed by atoms with E-state index in [4.69, 9.17) is 14.2 Å². The molecule has 11 atom stereocenters. The lowest BCUT2D eigenvalue weighted by atomic mass is 9.42. The van der Waals surface area contributed by atoms with Crippen LogP contribution < -0.4 is 0 Å². The normalized spacial score (nSPS) is 45.5. The number of esters is 3. The zero-order valence-corrected chi connectivity index (χ0v) is 26.1. The molecule has 224 valence electrons. The molecule has 0 saturated heterocycles. The van der Waals surface area contributed by atoms with E-state index in [-0.39, 0.29) is 51.6 Å². The highest BCUT2D eigenvalue weighted by Crippen LogP contribution is 2.88. The zero-order valence-electron chi connectivity index (χ0n) is 26.1. The van der Waals surface area contributed by atoms with E-state index in [1.165, 1.54) is 58.4 Å². The number of fused-ring (bicyclic) bond motifs is 2. The number of allylic oxidation sites excluding steroid dienone is 2. The second-order valence-electron chi connectivity index (χ2n) is 15.0. The molecule has 40 heavy (non-hydrogen) atoms. The molecule has 5 aliphatic rings. The van der Waals surface area contributed by atoms with Crippen molar-refractivity contribution in [1.82, 2.24) is 0 Å². The Hall–Kier alpha value is -1.85. The van der Waals surface area contributed by atoms with Gasteiger partial charge in [-0.1, -0.05) is 32.4 Å². The Balaban J connectivity index is 1.49. The molecule has 2 spiro atoms. The number of carbonyl (C=O) groups excluding carboxylic acids is 3. The third kappa shape index (κ3) is 4.37. The van der Waals surface area contributed by atoms with Crippen LogP contribution in [0, 0.1) is 45.3 Å². The second-order valence-corrected chi connectivity index (χ2v) is 15.0. The fourth-order valence-corrected chi connectivity index (χ4v) is 11.4. The van der Waals surface area contributed by atoms with Gasteiger partial charge in [-0.3, -0.25) is 14.4 Å². The van der Waals surface area contributed by atoms with Crippen molar-refractivity contribution in [1.29, 1.82) is 0 Å². The van der Waals surface area contributed by atoms with Crippen LogP contribution in [0.4, 0.5) is 0 Å². The molecule has 0 aromatic carbocycles. The molecule has 6 nitrogen and oxygen atoms in total. The third-order valence-corrected chi connectivity index (χ3v) is 13.0. The first-order valence-corrected chi connectivity index (χ1v) is 15.9. The maximum Gasteiger partial charge on any atom is 0.303 e. The van der Waals surface area contributed by atoms with Crippen LogP contribution in [0.5, 0.6) is 0 Å². The van der Waals surface area contributed by atoms with Gasteiger partial charge >= 0.3 is 17.9 Å². The number of rotatable bonds is 7. The van der Waals surface area contributed by atoms with Gasteiger partial charge in [-0.05, 0) is 117 Å². The van der Waals surface area contributed by atoms with Crippen molar-refractivity contribution in [2.45, 2.75) is 138 Å². The number of hydrogen-bond donors (Lipinski definition) is 0. The van der Waals surface area contributed by atoms with Crippen molar-refractivity contribution in [2.24, 2.45) is 45.3 Å². The van der Waals surface area contributed by atoms with Gasteiger partial charge in [0.15, 0.2) is 0 Å². The summed E-state index contributed by atoms with van der Waals surface area (Å²) in [6.07, 6.45) is 11.8. The van der Waals surface area contributed by atoms with E-state index in [0.717, 1.165) is 25.7 Å². The lowest BCUT2D eigenvalue weighted by Gasteiger charge is -2.63. The molecule has 5 aliphatic carbocycles. The van der Waals surface area contributed by atoms with Gasteiger partial charge in [0.2, 0.25) is 0 Å². The molecule has 0 aromatic heterocycles. The maximum absolute atomic E-state index is 12.5. The van der Waals surface area contributed by atoms with Crippen LogP contribution in [0.1, 0.15) is 120 Å². The lowest BCUT2D eigenvalue weighted by molar-refractivity contribution is -0.220. The highest BCUT2D eigenvalue weighted by atomic mass is 16.6. The molecular weight excluding hydrogens is 504 g/mol. The van der Waals surface area contributed by atoms with Crippen LogP contribution in [0.15, 0.2) is 11.6 Å². The molecule has 0 aliphatic heterocycles. The molecule has 6 heteroatoms. The topological polar surface area (TPSA) is 78.9 Å². The van der Waals surface area contributed by atoms with Crippen LogP contribution in [0.2, 0.25) is 0 Å². The lowest BCUT2D eigenvalue weighted by Crippen LogP contribution is -2.62. The van der Waals surface area contributed by atoms with Crippen molar-refractivity contribution in [3.8, 4) is 0 Å². The van der Waals surface area contributed by atoms with Crippen molar-refractivity contribution in [3.63, 3.8) is 0 Å². The summed E-state index contributed by atoms with van der Waals surface area (Å²) in [5.74, 6) is 0.691. The zero-order chi connectivity index (χ0) is 29.3. The average Bonchev–Trinajstić information content (AvgIpc) is 3.40. The molecule has 5 fully saturated rings. The van der Waals surface area contributed by atoms with Crippen LogP contribution in [0.25, 0.3) is 0 Å². The van der Waals surface area contributed by atoms with E-state index in [0.29, 0.717) is 24.2 Å². The standard InChI is InChI=1S/C34H52O6/c1-20(2)10-9-11-21(3)25-12-14-32(8)28-18-27(39-23(5)36)29-30(40-24(6)37)26(38-22(4)35)13-15-34(29)19-33(28,34)17-16-31(25,32)7/h10,21,25-30H,9,11-19H2,1-8H3/t21-,25-,26+,27+,28+,29+,30-,31-,32+,33+,34-/m1/s1. The van der Waals surface area contributed by atoms with Gasteiger partial charge in [-0.15, -0.1) is 0 Å². The van der Waals surface area contributed by atoms with E-state index in [1.54, 1.807) is 0 Å². The predicted molar refractivity (Wildman–Crippen MR) is 153 cm³/mol. The molecule has 5 rings (SSSR count). The Morgan fingerprint density at radius 1 is 0.800 bits per heavy atom. The van der Waals surface area contributed by atoms with Gasteiger partial charge in [-0.2, -0.15) is 0 Å². The van der Waals surface area contributed by atoms with E-state index >= 15 is 0 Å². The Morgan fingerprint density at radius 2 is 1.45 bits per heavy atom. The summed E-state index contributed by atoms with van der Waals surface area (Å²) in [5.41, 5.74) is 1.98. The summed E-state index contributed by atoms with van der Waals surface area (Å²) in [6.45, 7) is 16.3. The van der Waals surface area contributed by atoms with Crippen LogP contribution in [-0.4, -0.2) is 36.2 Å². The molecular formula is C34H52O6. The van der Waals surface area contributed by atoms with Gasteiger partial charge in [0.05, 0.1) is 0 Å². The molecule has 5 saturated carbocycles. The summed E-state index contributed by atoms with van der Waals surface area (Å²) in [6, 6.07) is 0. The maximum atomic E-state index is 12.5. The van der Waals surface area contributed by atoms with Crippen molar-refractivity contribution < 1.29 is 28.6 Å². The summed E-state index contributed by atoms with van der Waals surface area (Å²) in [7, 11) is 0. The van der Waals surface area contributed by atoms with Crippen molar-refractivity contribution in [2.75, 3.05) is 0 Å². The minimum atomic E-state index is -0.577. The second kappa shape index (κ2) is 10.2. The van der Waals surface area contributed by atoms with E-state index in [2.05, 4.69) is 40.7 Å². The number of carbonyl (C=O) groups is 3. The van der Waals surface area contributed by atoms with Crippen molar-refractivity contribution >= 4 is 17.9 Å². The smallest absolute Gasteiger partial charge is 0.303 e.